The number of ether oxygens (including phenoxy) is 1. The van der Waals surface area contributed by atoms with Crippen LogP contribution in [0.3, 0.4) is 0 Å². The van der Waals surface area contributed by atoms with Gasteiger partial charge in [0.2, 0.25) is 5.88 Å². The summed E-state index contributed by atoms with van der Waals surface area (Å²) in [4.78, 5) is 8.34. The third-order valence-corrected chi connectivity index (χ3v) is 2.20. The van der Waals surface area contributed by atoms with E-state index in [4.69, 9.17) is 4.74 Å². The molecule has 2 rings (SSSR count). The number of aromatic nitrogens is 2. The fourth-order valence-corrected chi connectivity index (χ4v) is 1.40. The number of methoxy groups -OCH3 is 1. The minimum absolute atomic E-state index is 0.305. The molecular formula is C12H11FN2O. The van der Waals surface area contributed by atoms with E-state index in [1.54, 1.807) is 25.4 Å². The molecule has 0 spiro atoms. The van der Waals surface area contributed by atoms with E-state index >= 15 is 0 Å². The van der Waals surface area contributed by atoms with Crippen molar-refractivity contribution in [1.29, 1.82) is 0 Å². The topological polar surface area (TPSA) is 35.0 Å². The number of rotatable bonds is 2. The van der Waals surface area contributed by atoms with Gasteiger partial charge >= 0.3 is 0 Å². The van der Waals surface area contributed by atoms with Gasteiger partial charge in [-0.1, -0.05) is 12.1 Å². The first-order chi connectivity index (χ1) is 7.70. The number of halogens is 1. The molecule has 1 heterocycles. The number of hydrogen-bond acceptors (Lipinski definition) is 3. The van der Waals surface area contributed by atoms with Crippen molar-refractivity contribution in [2.75, 3.05) is 7.11 Å². The van der Waals surface area contributed by atoms with Crippen LogP contribution in [0.5, 0.6) is 5.88 Å². The molecule has 82 valence electrons. The monoisotopic (exact) mass is 218 g/mol. The van der Waals surface area contributed by atoms with Crippen LogP contribution in [-0.2, 0) is 0 Å². The van der Waals surface area contributed by atoms with Crippen LogP contribution in [0.15, 0.2) is 30.5 Å². The van der Waals surface area contributed by atoms with Gasteiger partial charge in [-0.15, -0.1) is 0 Å². The van der Waals surface area contributed by atoms with Gasteiger partial charge < -0.3 is 4.74 Å². The summed E-state index contributed by atoms with van der Waals surface area (Å²) >= 11 is 0. The molecule has 1 aromatic heterocycles. The molecule has 0 aliphatic carbocycles. The summed E-state index contributed by atoms with van der Waals surface area (Å²) in [6, 6.07) is 6.16. The van der Waals surface area contributed by atoms with Crippen LogP contribution in [0.25, 0.3) is 11.4 Å². The summed E-state index contributed by atoms with van der Waals surface area (Å²) in [5, 5.41) is 0. The van der Waals surface area contributed by atoms with E-state index in [2.05, 4.69) is 9.97 Å². The average molecular weight is 218 g/mol. The van der Waals surface area contributed by atoms with Gasteiger partial charge in [-0.25, -0.2) is 9.37 Å². The number of benzene rings is 1. The molecule has 0 saturated heterocycles. The highest BCUT2D eigenvalue weighted by Crippen LogP contribution is 2.20. The fraction of sp³-hybridized carbons (Fsp3) is 0.167. The van der Waals surface area contributed by atoms with Crippen LogP contribution in [0, 0.1) is 12.7 Å². The molecule has 0 fully saturated rings. The molecule has 1 aromatic carbocycles. The molecule has 0 radical (unpaired) electrons. The van der Waals surface area contributed by atoms with Crippen LogP contribution in [0.4, 0.5) is 4.39 Å². The Morgan fingerprint density at radius 1 is 1.31 bits per heavy atom. The van der Waals surface area contributed by atoms with Crippen LogP contribution in [0.1, 0.15) is 5.56 Å². The maximum atomic E-state index is 13.0. The van der Waals surface area contributed by atoms with E-state index in [9.17, 15) is 4.39 Å². The number of nitrogens with zero attached hydrogens (tertiary/aromatic N) is 2. The van der Waals surface area contributed by atoms with Gasteiger partial charge in [-0.3, -0.25) is 0 Å². The van der Waals surface area contributed by atoms with Crippen molar-refractivity contribution >= 4 is 0 Å². The Bertz CT molecular complexity index is 514. The Hall–Kier alpha value is -1.97. The molecule has 0 bridgehead atoms. The zero-order valence-electron chi connectivity index (χ0n) is 9.07. The first-order valence-electron chi connectivity index (χ1n) is 4.84. The molecule has 0 unspecified atom stereocenters. The minimum Gasteiger partial charge on any atom is -0.481 e. The third kappa shape index (κ3) is 2.00. The van der Waals surface area contributed by atoms with Gasteiger partial charge in [0.15, 0.2) is 5.82 Å². The highest BCUT2D eigenvalue weighted by molar-refractivity contribution is 5.55. The Labute approximate surface area is 92.9 Å². The predicted molar refractivity (Wildman–Crippen MR) is 58.7 cm³/mol. The van der Waals surface area contributed by atoms with Crippen molar-refractivity contribution in [2.45, 2.75) is 6.92 Å². The van der Waals surface area contributed by atoms with Crippen molar-refractivity contribution in [3.05, 3.63) is 41.8 Å². The Morgan fingerprint density at radius 3 is 2.81 bits per heavy atom. The quantitative estimate of drug-likeness (QED) is 0.777. The highest BCUT2D eigenvalue weighted by atomic mass is 19.1. The summed E-state index contributed by atoms with van der Waals surface area (Å²) in [6.07, 6.45) is 1.66. The number of aryl methyl sites for hydroxylation is 1. The summed E-state index contributed by atoms with van der Waals surface area (Å²) in [7, 11) is 1.55. The van der Waals surface area contributed by atoms with E-state index in [-0.39, 0.29) is 5.82 Å². The van der Waals surface area contributed by atoms with Gasteiger partial charge in [-0.2, -0.15) is 4.98 Å². The lowest BCUT2D eigenvalue weighted by atomic mass is 10.2. The summed E-state index contributed by atoms with van der Waals surface area (Å²) in [5.41, 5.74) is 1.49. The van der Waals surface area contributed by atoms with Gasteiger partial charge in [0.25, 0.3) is 0 Å². The molecule has 0 saturated carbocycles. The van der Waals surface area contributed by atoms with Crippen molar-refractivity contribution in [3.8, 4) is 17.3 Å². The summed E-state index contributed by atoms with van der Waals surface area (Å²) in [6.45, 7) is 1.86. The minimum atomic E-state index is -0.305. The van der Waals surface area contributed by atoms with Crippen LogP contribution >= 0.6 is 0 Å². The molecular weight excluding hydrogens is 207 g/mol. The van der Waals surface area contributed by atoms with E-state index in [1.165, 1.54) is 12.1 Å². The molecule has 0 aliphatic heterocycles. The van der Waals surface area contributed by atoms with E-state index in [0.717, 1.165) is 5.56 Å². The van der Waals surface area contributed by atoms with E-state index in [1.807, 2.05) is 6.92 Å². The highest BCUT2D eigenvalue weighted by Gasteiger charge is 2.06. The molecule has 4 heteroatoms. The van der Waals surface area contributed by atoms with Gasteiger partial charge in [0.1, 0.15) is 5.82 Å². The predicted octanol–water partition coefficient (Wildman–Crippen LogP) is 2.60. The second kappa shape index (κ2) is 4.26. The van der Waals surface area contributed by atoms with Gasteiger partial charge in [-0.05, 0) is 19.1 Å². The Balaban J connectivity index is 2.48. The molecule has 0 N–H and O–H groups in total. The Kier molecular flexibility index (Phi) is 2.81. The second-order valence-electron chi connectivity index (χ2n) is 3.40. The average Bonchev–Trinajstić information content (AvgIpc) is 2.29. The standard InChI is InChI=1S/C12H11FN2O/c1-8-7-14-11(15-12(8)16-2)9-4-3-5-10(13)6-9/h3-7H,1-2H3. The maximum absolute atomic E-state index is 13.0. The fourth-order valence-electron chi connectivity index (χ4n) is 1.40. The second-order valence-corrected chi connectivity index (χ2v) is 3.40. The van der Waals surface area contributed by atoms with E-state index < -0.39 is 0 Å². The molecule has 0 atom stereocenters. The largest absolute Gasteiger partial charge is 0.481 e. The van der Waals surface area contributed by atoms with Crippen molar-refractivity contribution in [2.24, 2.45) is 0 Å². The molecule has 3 nitrogen and oxygen atoms in total. The van der Waals surface area contributed by atoms with Crippen LogP contribution < -0.4 is 4.74 Å². The molecule has 0 amide bonds. The SMILES string of the molecule is COc1nc(-c2cccc(F)c2)ncc1C. The number of hydrogen-bond donors (Lipinski definition) is 0. The van der Waals surface area contributed by atoms with Crippen LogP contribution in [0.2, 0.25) is 0 Å². The lowest BCUT2D eigenvalue weighted by Crippen LogP contribution is -1.96. The Morgan fingerprint density at radius 2 is 2.12 bits per heavy atom. The summed E-state index contributed by atoms with van der Waals surface area (Å²) in [5.74, 6) is 0.664. The first kappa shape index (κ1) is 10.5. The lowest BCUT2D eigenvalue weighted by Gasteiger charge is -2.05. The van der Waals surface area contributed by atoms with Gasteiger partial charge in [0, 0.05) is 17.3 Å². The molecule has 2 aromatic rings. The van der Waals surface area contributed by atoms with E-state index in [0.29, 0.717) is 17.3 Å². The van der Waals surface area contributed by atoms with Crippen molar-refractivity contribution in [1.82, 2.24) is 9.97 Å². The van der Waals surface area contributed by atoms with Gasteiger partial charge in [0.05, 0.1) is 7.11 Å². The van der Waals surface area contributed by atoms with Crippen molar-refractivity contribution in [3.63, 3.8) is 0 Å². The van der Waals surface area contributed by atoms with Crippen molar-refractivity contribution < 1.29 is 9.13 Å². The normalized spacial score (nSPS) is 10.2. The molecule has 0 aliphatic rings. The first-order valence-corrected chi connectivity index (χ1v) is 4.84. The molecule has 16 heavy (non-hydrogen) atoms. The zero-order valence-corrected chi connectivity index (χ0v) is 9.07. The lowest BCUT2D eigenvalue weighted by molar-refractivity contribution is 0.394. The maximum Gasteiger partial charge on any atom is 0.219 e. The summed E-state index contributed by atoms with van der Waals surface area (Å²) < 4.78 is 18.1. The smallest absolute Gasteiger partial charge is 0.219 e. The third-order valence-electron chi connectivity index (χ3n) is 2.20. The van der Waals surface area contributed by atoms with Crippen LogP contribution in [-0.4, -0.2) is 17.1 Å². The zero-order chi connectivity index (χ0) is 11.5.